The number of nitrogens with one attached hydrogen (secondary N) is 1. The molecule has 108 valence electrons. The number of nitrogens with zero attached hydrogens (tertiary/aromatic N) is 1. The molecule has 0 saturated heterocycles. The standard InChI is InChI=1S/C17H30N2/c1-4-6-7-8-9-10-16(18-3)13-17-12-11-15(5-2)14-19-17/h11-12,14,16,18H,4-10,13H2,1-3H3. The fourth-order valence-electron chi connectivity index (χ4n) is 2.38. The van der Waals surface area contributed by atoms with E-state index in [0.717, 1.165) is 12.8 Å². The van der Waals surface area contributed by atoms with Crippen LogP contribution in [0, 0.1) is 0 Å². The molecule has 19 heavy (non-hydrogen) atoms. The van der Waals surface area contributed by atoms with Gasteiger partial charge >= 0.3 is 0 Å². The van der Waals surface area contributed by atoms with Crippen molar-refractivity contribution in [3.63, 3.8) is 0 Å². The second-order valence-electron chi connectivity index (χ2n) is 5.40. The highest BCUT2D eigenvalue weighted by molar-refractivity contribution is 5.14. The van der Waals surface area contributed by atoms with E-state index in [1.807, 2.05) is 6.20 Å². The lowest BCUT2D eigenvalue weighted by molar-refractivity contribution is 0.478. The molecular formula is C17H30N2. The molecule has 0 radical (unpaired) electrons. The van der Waals surface area contributed by atoms with Gasteiger partial charge in [0, 0.05) is 24.4 Å². The summed E-state index contributed by atoms with van der Waals surface area (Å²) in [6.07, 6.45) is 12.2. The van der Waals surface area contributed by atoms with Crippen molar-refractivity contribution < 1.29 is 0 Å². The predicted octanol–water partition coefficient (Wildman–Crippen LogP) is 4.14. The summed E-state index contributed by atoms with van der Waals surface area (Å²) < 4.78 is 0. The Labute approximate surface area is 119 Å². The Hall–Kier alpha value is -0.890. The van der Waals surface area contributed by atoms with E-state index in [4.69, 9.17) is 0 Å². The maximum absolute atomic E-state index is 4.55. The first kappa shape index (κ1) is 16.2. The Morgan fingerprint density at radius 2 is 1.89 bits per heavy atom. The normalized spacial score (nSPS) is 12.6. The average Bonchev–Trinajstić information content (AvgIpc) is 2.46. The molecule has 0 bridgehead atoms. The van der Waals surface area contributed by atoms with E-state index in [9.17, 15) is 0 Å². The minimum absolute atomic E-state index is 0.571. The molecule has 0 aromatic carbocycles. The number of hydrogen-bond donors (Lipinski definition) is 1. The highest BCUT2D eigenvalue weighted by Gasteiger charge is 2.07. The van der Waals surface area contributed by atoms with Gasteiger partial charge in [-0.2, -0.15) is 0 Å². The Morgan fingerprint density at radius 3 is 2.47 bits per heavy atom. The quantitative estimate of drug-likeness (QED) is 0.641. The minimum Gasteiger partial charge on any atom is -0.317 e. The van der Waals surface area contributed by atoms with Crippen LogP contribution in [-0.2, 0) is 12.8 Å². The minimum atomic E-state index is 0.571. The van der Waals surface area contributed by atoms with E-state index in [1.165, 1.54) is 49.8 Å². The summed E-state index contributed by atoms with van der Waals surface area (Å²) in [7, 11) is 2.07. The molecule has 0 saturated carbocycles. The lowest BCUT2D eigenvalue weighted by Crippen LogP contribution is -2.27. The summed E-state index contributed by atoms with van der Waals surface area (Å²) in [5.74, 6) is 0. The second-order valence-corrected chi connectivity index (χ2v) is 5.40. The van der Waals surface area contributed by atoms with Crippen LogP contribution in [0.5, 0.6) is 0 Å². The summed E-state index contributed by atoms with van der Waals surface area (Å²) in [6.45, 7) is 4.44. The van der Waals surface area contributed by atoms with E-state index in [2.05, 4.69) is 43.3 Å². The summed E-state index contributed by atoms with van der Waals surface area (Å²) in [6, 6.07) is 4.96. The summed E-state index contributed by atoms with van der Waals surface area (Å²) in [5, 5.41) is 3.43. The zero-order valence-electron chi connectivity index (χ0n) is 12.9. The molecule has 1 heterocycles. The first-order chi connectivity index (χ1) is 9.30. The smallest absolute Gasteiger partial charge is 0.0419 e. The van der Waals surface area contributed by atoms with Crippen molar-refractivity contribution in [3.8, 4) is 0 Å². The van der Waals surface area contributed by atoms with Crippen LogP contribution in [0.15, 0.2) is 18.3 Å². The van der Waals surface area contributed by atoms with E-state index in [0.29, 0.717) is 6.04 Å². The van der Waals surface area contributed by atoms with Gasteiger partial charge in [-0.15, -0.1) is 0 Å². The Kier molecular flexibility index (Phi) is 8.48. The van der Waals surface area contributed by atoms with E-state index in [-0.39, 0.29) is 0 Å². The fraction of sp³-hybridized carbons (Fsp3) is 0.706. The summed E-state index contributed by atoms with van der Waals surface area (Å²) in [4.78, 5) is 4.55. The van der Waals surface area contributed by atoms with Gasteiger partial charge in [0.1, 0.15) is 0 Å². The molecule has 0 amide bonds. The van der Waals surface area contributed by atoms with Crippen molar-refractivity contribution in [3.05, 3.63) is 29.6 Å². The predicted molar refractivity (Wildman–Crippen MR) is 83.5 cm³/mol. The topological polar surface area (TPSA) is 24.9 Å². The average molecular weight is 262 g/mol. The van der Waals surface area contributed by atoms with Gasteiger partial charge in [-0.3, -0.25) is 4.98 Å². The zero-order valence-corrected chi connectivity index (χ0v) is 12.9. The number of likely N-dealkylation sites (N-methyl/N-ethyl adjacent to an activating group) is 1. The lowest BCUT2D eigenvalue weighted by atomic mass is 10.0. The van der Waals surface area contributed by atoms with Crippen LogP contribution in [0.2, 0.25) is 0 Å². The first-order valence-electron chi connectivity index (χ1n) is 7.91. The number of hydrogen-bond acceptors (Lipinski definition) is 2. The van der Waals surface area contributed by atoms with Crippen LogP contribution in [0.3, 0.4) is 0 Å². The molecule has 1 rings (SSSR count). The van der Waals surface area contributed by atoms with Crippen molar-refractivity contribution >= 4 is 0 Å². The number of aryl methyl sites for hydroxylation is 1. The van der Waals surface area contributed by atoms with Gasteiger partial charge in [0.25, 0.3) is 0 Å². The Morgan fingerprint density at radius 1 is 1.11 bits per heavy atom. The van der Waals surface area contributed by atoms with Crippen molar-refractivity contribution in [1.29, 1.82) is 0 Å². The molecule has 0 spiro atoms. The molecule has 0 fully saturated rings. The highest BCUT2D eigenvalue weighted by atomic mass is 14.9. The fourth-order valence-corrected chi connectivity index (χ4v) is 2.38. The van der Waals surface area contributed by atoms with Gasteiger partial charge in [-0.1, -0.05) is 52.0 Å². The van der Waals surface area contributed by atoms with Crippen LogP contribution in [0.1, 0.15) is 63.6 Å². The third-order valence-corrected chi connectivity index (χ3v) is 3.81. The molecule has 1 N–H and O–H groups in total. The first-order valence-corrected chi connectivity index (χ1v) is 7.91. The van der Waals surface area contributed by atoms with Crippen molar-refractivity contribution in [1.82, 2.24) is 10.3 Å². The highest BCUT2D eigenvalue weighted by Crippen LogP contribution is 2.11. The van der Waals surface area contributed by atoms with Crippen LogP contribution >= 0.6 is 0 Å². The lowest BCUT2D eigenvalue weighted by Gasteiger charge is -2.15. The third kappa shape index (κ3) is 6.72. The number of unbranched alkanes of at least 4 members (excludes halogenated alkanes) is 4. The number of pyridine rings is 1. The number of aromatic nitrogens is 1. The van der Waals surface area contributed by atoms with E-state index >= 15 is 0 Å². The molecule has 2 heteroatoms. The Bertz CT molecular complexity index is 319. The maximum atomic E-state index is 4.55. The third-order valence-electron chi connectivity index (χ3n) is 3.81. The summed E-state index contributed by atoms with van der Waals surface area (Å²) in [5.41, 5.74) is 2.54. The van der Waals surface area contributed by atoms with Crippen molar-refractivity contribution in [2.24, 2.45) is 0 Å². The van der Waals surface area contributed by atoms with Gasteiger partial charge in [-0.25, -0.2) is 0 Å². The molecule has 0 aliphatic heterocycles. The van der Waals surface area contributed by atoms with Gasteiger partial charge < -0.3 is 5.32 Å². The van der Waals surface area contributed by atoms with Gasteiger partial charge in [0.15, 0.2) is 0 Å². The monoisotopic (exact) mass is 262 g/mol. The maximum Gasteiger partial charge on any atom is 0.0419 e. The molecule has 1 aromatic heterocycles. The molecule has 1 atom stereocenters. The zero-order chi connectivity index (χ0) is 13.9. The number of rotatable bonds is 10. The largest absolute Gasteiger partial charge is 0.317 e. The molecule has 0 aliphatic carbocycles. The van der Waals surface area contributed by atoms with Crippen LogP contribution in [0.4, 0.5) is 0 Å². The Balaban J connectivity index is 2.30. The van der Waals surface area contributed by atoms with Crippen molar-refractivity contribution in [2.45, 2.75) is 71.3 Å². The molecule has 0 aliphatic rings. The molecule has 2 nitrogen and oxygen atoms in total. The van der Waals surface area contributed by atoms with Crippen LogP contribution in [-0.4, -0.2) is 18.1 Å². The summed E-state index contributed by atoms with van der Waals surface area (Å²) >= 11 is 0. The SMILES string of the molecule is CCCCCCCC(Cc1ccc(CC)cn1)NC. The van der Waals surface area contributed by atoms with Gasteiger partial charge in [0.05, 0.1) is 0 Å². The van der Waals surface area contributed by atoms with Crippen molar-refractivity contribution in [2.75, 3.05) is 7.05 Å². The van der Waals surface area contributed by atoms with Crippen LogP contribution < -0.4 is 5.32 Å². The van der Waals surface area contributed by atoms with E-state index in [1.54, 1.807) is 0 Å². The van der Waals surface area contributed by atoms with E-state index < -0.39 is 0 Å². The molecule has 1 aromatic rings. The second kappa shape index (κ2) is 9.96. The van der Waals surface area contributed by atoms with Gasteiger partial charge in [0.2, 0.25) is 0 Å². The van der Waals surface area contributed by atoms with Crippen LogP contribution in [0.25, 0.3) is 0 Å². The molecular weight excluding hydrogens is 232 g/mol. The molecule has 1 unspecified atom stereocenters. The van der Waals surface area contributed by atoms with Gasteiger partial charge in [-0.05, 0) is 31.5 Å².